The Morgan fingerprint density at radius 3 is 2.65 bits per heavy atom. The fourth-order valence-corrected chi connectivity index (χ4v) is 2.33. The van der Waals surface area contributed by atoms with Gasteiger partial charge in [-0.1, -0.05) is 30.3 Å². The molecule has 3 rings (SSSR count). The lowest BCUT2D eigenvalue weighted by molar-refractivity contribution is -0.105. The molecule has 0 radical (unpaired) electrons. The van der Waals surface area contributed by atoms with Crippen LogP contribution in [0.2, 0.25) is 0 Å². The molecule has 23 heavy (non-hydrogen) atoms. The second kappa shape index (κ2) is 6.68. The third-order valence-electron chi connectivity index (χ3n) is 3.62. The van der Waals surface area contributed by atoms with Gasteiger partial charge in [0, 0.05) is 12.6 Å². The van der Waals surface area contributed by atoms with Crippen molar-refractivity contribution < 1.29 is 9.18 Å². The Balaban J connectivity index is 1.93. The molecule has 0 aliphatic heterocycles. The first kappa shape index (κ1) is 15.3. The van der Waals surface area contributed by atoms with Gasteiger partial charge in [0.25, 0.3) is 0 Å². The number of hydrogen-bond acceptors (Lipinski definition) is 5. The van der Waals surface area contributed by atoms with Crippen LogP contribution in [0.4, 0.5) is 16.3 Å². The van der Waals surface area contributed by atoms with Crippen LogP contribution in [-0.2, 0) is 11.3 Å². The zero-order valence-corrected chi connectivity index (χ0v) is 12.8. The van der Waals surface area contributed by atoms with Gasteiger partial charge in [0.15, 0.2) is 12.0 Å². The van der Waals surface area contributed by atoms with Crippen LogP contribution in [0, 0.1) is 0 Å². The zero-order chi connectivity index (χ0) is 16.2. The Morgan fingerprint density at radius 2 is 2.04 bits per heavy atom. The van der Waals surface area contributed by atoms with Crippen molar-refractivity contribution in [1.82, 2.24) is 15.0 Å². The van der Waals surface area contributed by atoms with Crippen LogP contribution in [0.25, 0.3) is 0 Å². The molecule has 7 heteroatoms. The molecule has 1 aromatic carbocycles. The van der Waals surface area contributed by atoms with Gasteiger partial charge in [-0.25, -0.2) is 4.39 Å². The first-order chi connectivity index (χ1) is 11.2. The highest BCUT2D eigenvalue weighted by Crippen LogP contribution is 2.32. The summed E-state index contributed by atoms with van der Waals surface area (Å²) >= 11 is 0. The molecule has 1 aliphatic carbocycles. The van der Waals surface area contributed by atoms with Gasteiger partial charge in [-0.2, -0.15) is 15.0 Å². The van der Waals surface area contributed by atoms with Crippen molar-refractivity contribution in [2.75, 3.05) is 10.2 Å². The van der Waals surface area contributed by atoms with Crippen molar-refractivity contribution in [2.45, 2.75) is 38.5 Å². The second-order valence-electron chi connectivity index (χ2n) is 5.54. The number of aromatic nitrogens is 3. The summed E-state index contributed by atoms with van der Waals surface area (Å²) in [7, 11) is 0. The number of nitrogens with one attached hydrogen (secondary N) is 1. The Bertz CT molecular complexity index is 675. The number of rotatable bonds is 7. The molecule has 6 nitrogen and oxygen atoms in total. The summed E-state index contributed by atoms with van der Waals surface area (Å²) in [6, 6.07) is 10.3. The Labute approximate surface area is 133 Å². The predicted octanol–water partition coefficient (Wildman–Crippen LogP) is 2.64. The normalized spacial score (nSPS) is 15.0. The van der Waals surface area contributed by atoms with Crippen molar-refractivity contribution in [3.63, 3.8) is 0 Å². The quantitative estimate of drug-likeness (QED) is 0.795. The maximum Gasteiger partial charge on any atom is 0.234 e. The first-order valence-corrected chi connectivity index (χ1v) is 7.58. The molecule has 1 unspecified atom stereocenters. The average molecular weight is 315 g/mol. The SMILES string of the molecule is CC(F)c1nc(NC=O)nc(N(Cc2ccccc2)C2CC2)n1. The van der Waals surface area contributed by atoms with E-state index in [9.17, 15) is 9.18 Å². The molecule has 1 heterocycles. The lowest BCUT2D eigenvalue weighted by atomic mass is 10.2. The lowest BCUT2D eigenvalue weighted by Crippen LogP contribution is -2.28. The molecular formula is C16H18FN5O. The maximum atomic E-state index is 13.7. The summed E-state index contributed by atoms with van der Waals surface area (Å²) in [4.78, 5) is 25.1. The summed E-state index contributed by atoms with van der Waals surface area (Å²) in [5.74, 6) is 0.497. The van der Waals surface area contributed by atoms with E-state index in [1.807, 2.05) is 35.2 Å². The number of alkyl halides is 1. The number of carbonyl (C=O) groups is 1. The van der Waals surface area contributed by atoms with Crippen LogP contribution in [0.5, 0.6) is 0 Å². The van der Waals surface area contributed by atoms with Crippen molar-refractivity contribution in [3.8, 4) is 0 Å². The van der Waals surface area contributed by atoms with Crippen LogP contribution >= 0.6 is 0 Å². The van der Waals surface area contributed by atoms with Gasteiger partial charge in [0.1, 0.15) is 0 Å². The van der Waals surface area contributed by atoms with Crippen LogP contribution < -0.4 is 10.2 Å². The van der Waals surface area contributed by atoms with Crippen LogP contribution in [0.1, 0.15) is 37.3 Å². The second-order valence-corrected chi connectivity index (χ2v) is 5.54. The highest BCUT2D eigenvalue weighted by molar-refractivity contribution is 5.67. The molecule has 2 aromatic rings. The number of halogens is 1. The number of carbonyl (C=O) groups excluding carboxylic acids is 1. The maximum absolute atomic E-state index is 13.7. The standard InChI is InChI=1S/C16H18FN5O/c1-11(17)14-19-15(18-10-23)21-16(20-14)22(13-7-8-13)9-12-5-3-2-4-6-12/h2-6,10-11,13H,7-9H2,1H3,(H,18,19,20,21,23). The van der Waals surface area contributed by atoms with Crippen molar-refractivity contribution in [1.29, 1.82) is 0 Å². The van der Waals surface area contributed by atoms with E-state index in [4.69, 9.17) is 0 Å². The molecule has 1 fully saturated rings. The largest absolute Gasteiger partial charge is 0.333 e. The smallest absolute Gasteiger partial charge is 0.234 e. The van der Waals surface area contributed by atoms with Gasteiger partial charge in [-0.05, 0) is 25.3 Å². The van der Waals surface area contributed by atoms with Gasteiger partial charge in [-0.15, -0.1) is 0 Å². The summed E-state index contributed by atoms with van der Waals surface area (Å²) in [5, 5.41) is 2.39. The topological polar surface area (TPSA) is 71.0 Å². The van der Waals surface area contributed by atoms with E-state index >= 15 is 0 Å². The minimum absolute atomic E-state index is 0.0260. The van der Waals surface area contributed by atoms with Gasteiger partial charge >= 0.3 is 0 Å². The predicted molar refractivity (Wildman–Crippen MR) is 84.7 cm³/mol. The van der Waals surface area contributed by atoms with E-state index < -0.39 is 6.17 Å². The average Bonchev–Trinajstić information content (AvgIpc) is 3.38. The van der Waals surface area contributed by atoms with Crippen LogP contribution in [-0.4, -0.2) is 27.4 Å². The molecule has 0 saturated heterocycles. The number of amides is 1. The molecule has 1 amide bonds. The Morgan fingerprint density at radius 1 is 1.30 bits per heavy atom. The van der Waals surface area contributed by atoms with E-state index in [-0.39, 0.29) is 11.8 Å². The molecular weight excluding hydrogens is 297 g/mol. The van der Waals surface area contributed by atoms with Crippen molar-refractivity contribution in [3.05, 3.63) is 41.7 Å². The third kappa shape index (κ3) is 3.80. The molecule has 0 spiro atoms. The van der Waals surface area contributed by atoms with Crippen molar-refractivity contribution in [2.24, 2.45) is 0 Å². The van der Waals surface area contributed by atoms with Gasteiger partial charge < -0.3 is 4.90 Å². The third-order valence-corrected chi connectivity index (χ3v) is 3.62. The summed E-state index contributed by atoms with van der Waals surface area (Å²) in [6.07, 6.45) is 1.25. The van der Waals surface area contributed by atoms with Crippen molar-refractivity contribution >= 4 is 18.3 Å². The first-order valence-electron chi connectivity index (χ1n) is 7.58. The molecule has 1 aliphatic rings. The number of nitrogens with zero attached hydrogens (tertiary/aromatic N) is 4. The molecule has 120 valence electrons. The monoisotopic (exact) mass is 315 g/mol. The van der Waals surface area contributed by atoms with Crippen LogP contribution in [0.3, 0.4) is 0 Å². The van der Waals surface area contributed by atoms with Gasteiger partial charge in [-0.3, -0.25) is 10.1 Å². The number of benzene rings is 1. The summed E-state index contributed by atoms with van der Waals surface area (Å²) in [5.41, 5.74) is 1.12. The highest BCUT2D eigenvalue weighted by atomic mass is 19.1. The fraction of sp³-hybridized carbons (Fsp3) is 0.375. The number of hydrogen-bond donors (Lipinski definition) is 1. The highest BCUT2D eigenvalue weighted by Gasteiger charge is 2.32. The minimum Gasteiger partial charge on any atom is -0.333 e. The van der Waals surface area contributed by atoms with E-state index in [0.29, 0.717) is 24.9 Å². The molecule has 1 saturated carbocycles. The van der Waals surface area contributed by atoms with Gasteiger partial charge in [0.05, 0.1) is 0 Å². The zero-order valence-electron chi connectivity index (χ0n) is 12.8. The summed E-state index contributed by atoms with van der Waals surface area (Å²) in [6.45, 7) is 2.00. The van der Waals surface area contributed by atoms with Gasteiger partial charge in [0.2, 0.25) is 18.3 Å². The van der Waals surface area contributed by atoms with E-state index in [1.54, 1.807) is 0 Å². The molecule has 1 aromatic heterocycles. The van der Waals surface area contributed by atoms with E-state index in [0.717, 1.165) is 18.4 Å². The van der Waals surface area contributed by atoms with Crippen LogP contribution in [0.15, 0.2) is 30.3 Å². The molecule has 0 bridgehead atoms. The molecule has 1 atom stereocenters. The fourth-order valence-electron chi connectivity index (χ4n) is 2.33. The van der Waals surface area contributed by atoms with E-state index in [1.165, 1.54) is 6.92 Å². The number of anilines is 2. The Kier molecular flexibility index (Phi) is 4.45. The summed E-state index contributed by atoms with van der Waals surface area (Å²) < 4.78 is 13.7. The molecule has 1 N–H and O–H groups in total. The lowest BCUT2D eigenvalue weighted by Gasteiger charge is -2.23. The minimum atomic E-state index is -1.33. The Hall–Kier alpha value is -2.57. The van der Waals surface area contributed by atoms with E-state index in [2.05, 4.69) is 20.3 Å².